The van der Waals surface area contributed by atoms with Gasteiger partial charge in [-0.25, -0.2) is 13.9 Å². The third-order valence-electron chi connectivity index (χ3n) is 9.02. The third-order valence-corrected chi connectivity index (χ3v) is 9.02. The summed E-state index contributed by atoms with van der Waals surface area (Å²) in [5.74, 6) is -0.926. The number of rotatable bonds is 7. The molecule has 0 radical (unpaired) electrons. The van der Waals surface area contributed by atoms with Crippen LogP contribution in [0.4, 0.5) is 4.39 Å². The molecule has 2 aromatic heterocycles. The van der Waals surface area contributed by atoms with Crippen molar-refractivity contribution < 1.29 is 28.3 Å². The maximum absolute atomic E-state index is 14.5. The summed E-state index contributed by atoms with van der Waals surface area (Å²) in [4.78, 5) is 54.4. The number of aromatic nitrogens is 3. The summed E-state index contributed by atoms with van der Waals surface area (Å²) >= 11 is 0. The van der Waals surface area contributed by atoms with Gasteiger partial charge in [-0.1, -0.05) is 6.07 Å². The molecule has 3 fully saturated rings. The highest BCUT2D eigenvalue weighted by atomic mass is 19.1. The average Bonchev–Trinajstić information content (AvgIpc) is 3.35. The van der Waals surface area contributed by atoms with Gasteiger partial charge in [0.05, 0.1) is 6.20 Å². The molecule has 3 heterocycles. The van der Waals surface area contributed by atoms with E-state index in [9.17, 15) is 23.6 Å². The molecule has 3 aliphatic carbocycles. The summed E-state index contributed by atoms with van der Waals surface area (Å²) < 4.78 is 21.0. The minimum atomic E-state index is -0.748. The molecule has 40 heavy (non-hydrogen) atoms. The lowest BCUT2D eigenvalue weighted by Gasteiger charge is -2.52. The molecule has 208 valence electrons. The summed E-state index contributed by atoms with van der Waals surface area (Å²) in [6.45, 7) is 2.30. The fourth-order valence-corrected chi connectivity index (χ4v) is 6.35. The Labute approximate surface area is 229 Å². The molecule has 2 bridgehead atoms. The number of nitrogens with zero attached hydrogens (tertiary/aromatic N) is 3. The zero-order chi connectivity index (χ0) is 28.1. The maximum atomic E-state index is 14.5. The van der Waals surface area contributed by atoms with Gasteiger partial charge in [-0.05, 0) is 68.6 Å². The Balaban J connectivity index is 1.17. The molecule has 1 aliphatic heterocycles. The van der Waals surface area contributed by atoms with E-state index in [1.54, 1.807) is 25.1 Å². The maximum Gasteiger partial charge on any atom is 0.270 e. The van der Waals surface area contributed by atoms with Crippen LogP contribution < -0.4 is 15.4 Å². The molecule has 10 nitrogen and oxygen atoms in total. The highest BCUT2D eigenvalue weighted by molar-refractivity contribution is 5.98. The Morgan fingerprint density at radius 1 is 1.05 bits per heavy atom. The molecule has 0 atom stereocenters. The van der Waals surface area contributed by atoms with E-state index >= 15 is 0 Å². The number of hydrogen-bond acceptors (Lipinski definition) is 7. The molecule has 0 saturated heterocycles. The van der Waals surface area contributed by atoms with E-state index in [-0.39, 0.29) is 59.0 Å². The number of fused-ring (bicyclic) bond motifs is 5. The van der Waals surface area contributed by atoms with Crippen molar-refractivity contribution in [2.45, 2.75) is 58.4 Å². The fourth-order valence-electron chi connectivity index (χ4n) is 6.35. The molecule has 2 amide bonds. The lowest BCUT2D eigenvalue weighted by molar-refractivity contribution is -0.135. The Bertz CT molecular complexity index is 1540. The minimum absolute atomic E-state index is 0.00425. The number of amides is 2. The van der Waals surface area contributed by atoms with Gasteiger partial charge in [0, 0.05) is 36.6 Å². The summed E-state index contributed by atoms with van der Waals surface area (Å²) in [5, 5.41) is 9.69. The number of ketones is 2. The molecule has 7 rings (SSSR count). The van der Waals surface area contributed by atoms with Crippen LogP contribution in [0.5, 0.6) is 5.75 Å². The smallest absolute Gasteiger partial charge is 0.270 e. The van der Waals surface area contributed by atoms with Gasteiger partial charge < -0.3 is 15.4 Å². The first kappa shape index (κ1) is 26.1. The van der Waals surface area contributed by atoms with Crippen LogP contribution in [-0.2, 0) is 22.6 Å². The first-order chi connectivity index (χ1) is 19.2. The van der Waals surface area contributed by atoms with Crippen molar-refractivity contribution in [3.8, 4) is 5.75 Å². The predicted octanol–water partition coefficient (Wildman–Crippen LogP) is 2.96. The molecule has 3 saturated carbocycles. The number of benzene rings is 1. The summed E-state index contributed by atoms with van der Waals surface area (Å²) in [5.41, 5.74) is 0.902. The number of halogens is 1. The number of carbonyl (C=O) groups is 4. The molecule has 0 spiro atoms. The number of Topliss-reactive ketones (excluding diaryl/α,β-unsaturated/α-hetero) is 2. The summed E-state index contributed by atoms with van der Waals surface area (Å²) in [6.07, 6.45) is 6.33. The molecule has 4 aliphatic rings. The molecule has 2 N–H and O–H groups in total. The standard InChI is InChI=1S/C29H30FN5O5/c1-17(36)29-7-4-28(5-8-29,6-9-29)16-32-27(39)23-12-22(34-25-21(30)14-33-35(23)25)26(38)31-13-18-2-3-24-19(10-18)11-20(37)15-40-24/h2-3,10,12,14H,4-9,11,13,15-16H2,1H3,(H,31,38)(H,32,39). The lowest BCUT2D eigenvalue weighted by Crippen LogP contribution is -2.49. The number of ether oxygens (including phenoxy) is 1. The second-order valence-corrected chi connectivity index (χ2v) is 11.4. The van der Waals surface area contributed by atoms with E-state index in [1.807, 2.05) is 0 Å². The monoisotopic (exact) mass is 547 g/mol. The van der Waals surface area contributed by atoms with Crippen LogP contribution in [0.1, 0.15) is 77.6 Å². The van der Waals surface area contributed by atoms with Gasteiger partial charge in [-0.2, -0.15) is 5.10 Å². The topological polar surface area (TPSA) is 132 Å². The van der Waals surface area contributed by atoms with Crippen molar-refractivity contribution in [3.05, 3.63) is 58.8 Å². The van der Waals surface area contributed by atoms with E-state index < -0.39 is 17.6 Å². The van der Waals surface area contributed by atoms with Gasteiger partial charge in [0.1, 0.15) is 29.5 Å². The van der Waals surface area contributed by atoms with Crippen LogP contribution >= 0.6 is 0 Å². The van der Waals surface area contributed by atoms with E-state index in [1.165, 1.54) is 6.07 Å². The Morgan fingerprint density at radius 3 is 2.52 bits per heavy atom. The number of nitrogens with one attached hydrogen (secondary N) is 2. The molecular weight excluding hydrogens is 517 g/mol. The van der Waals surface area contributed by atoms with Crippen molar-refractivity contribution in [2.24, 2.45) is 10.8 Å². The van der Waals surface area contributed by atoms with Crippen molar-refractivity contribution >= 4 is 29.0 Å². The lowest BCUT2D eigenvalue weighted by atomic mass is 9.52. The SMILES string of the molecule is CC(=O)C12CCC(CNC(=O)c3cc(C(=O)NCc4ccc5c(c4)CC(=O)CO5)nc4c(F)cnn34)(CC1)CC2. The molecule has 0 unspecified atom stereocenters. The molecule has 1 aromatic carbocycles. The largest absolute Gasteiger partial charge is 0.486 e. The van der Waals surface area contributed by atoms with Gasteiger partial charge in [0.2, 0.25) is 0 Å². The van der Waals surface area contributed by atoms with Crippen LogP contribution in [0.2, 0.25) is 0 Å². The first-order valence-electron chi connectivity index (χ1n) is 13.6. The average molecular weight is 548 g/mol. The Hall–Kier alpha value is -4.15. The second-order valence-electron chi connectivity index (χ2n) is 11.4. The highest BCUT2D eigenvalue weighted by Crippen LogP contribution is 2.56. The van der Waals surface area contributed by atoms with Gasteiger partial charge in [0.25, 0.3) is 11.8 Å². The summed E-state index contributed by atoms with van der Waals surface area (Å²) in [6, 6.07) is 6.66. The van der Waals surface area contributed by atoms with E-state index in [4.69, 9.17) is 4.74 Å². The first-order valence-corrected chi connectivity index (χ1v) is 13.6. The Morgan fingerprint density at radius 2 is 1.80 bits per heavy atom. The van der Waals surface area contributed by atoms with Crippen LogP contribution in [-0.4, -0.2) is 51.1 Å². The Kier molecular flexibility index (Phi) is 6.39. The van der Waals surface area contributed by atoms with Crippen molar-refractivity contribution in [3.63, 3.8) is 0 Å². The van der Waals surface area contributed by atoms with Gasteiger partial charge >= 0.3 is 0 Å². The van der Waals surface area contributed by atoms with Crippen LogP contribution in [0.25, 0.3) is 5.65 Å². The van der Waals surface area contributed by atoms with Gasteiger partial charge in [-0.15, -0.1) is 0 Å². The van der Waals surface area contributed by atoms with Crippen molar-refractivity contribution in [2.75, 3.05) is 13.2 Å². The van der Waals surface area contributed by atoms with Gasteiger partial charge in [0.15, 0.2) is 17.2 Å². The second kappa shape index (κ2) is 9.79. The zero-order valence-corrected chi connectivity index (χ0v) is 22.2. The van der Waals surface area contributed by atoms with E-state index in [0.717, 1.165) is 60.4 Å². The third kappa shape index (κ3) is 4.63. The van der Waals surface area contributed by atoms with Crippen LogP contribution in [0, 0.1) is 16.6 Å². The van der Waals surface area contributed by atoms with Crippen LogP contribution in [0.15, 0.2) is 30.5 Å². The number of carbonyl (C=O) groups excluding carboxylic acids is 4. The zero-order valence-electron chi connectivity index (χ0n) is 22.2. The van der Waals surface area contributed by atoms with Gasteiger partial charge in [-0.3, -0.25) is 19.2 Å². The minimum Gasteiger partial charge on any atom is -0.486 e. The van der Waals surface area contributed by atoms with Crippen LogP contribution in [0.3, 0.4) is 0 Å². The quantitative estimate of drug-likeness (QED) is 0.465. The summed E-state index contributed by atoms with van der Waals surface area (Å²) in [7, 11) is 0. The highest BCUT2D eigenvalue weighted by Gasteiger charge is 2.50. The van der Waals surface area contributed by atoms with E-state index in [0.29, 0.717) is 12.3 Å². The molecular formula is C29H30FN5O5. The number of hydrogen-bond donors (Lipinski definition) is 2. The van der Waals surface area contributed by atoms with Crippen molar-refractivity contribution in [1.82, 2.24) is 25.2 Å². The normalized spacial score (nSPS) is 23.4. The van der Waals surface area contributed by atoms with Crippen molar-refractivity contribution in [1.29, 1.82) is 0 Å². The molecule has 11 heteroatoms. The predicted molar refractivity (Wildman–Crippen MR) is 140 cm³/mol. The fraction of sp³-hybridized carbons (Fsp3) is 0.448. The molecule has 3 aromatic rings. The van der Waals surface area contributed by atoms with E-state index in [2.05, 4.69) is 20.7 Å².